The van der Waals surface area contributed by atoms with Gasteiger partial charge in [0.1, 0.15) is 0 Å². The van der Waals surface area contributed by atoms with Crippen molar-refractivity contribution in [2.45, 2.75) is 37.8 Å². The fraction of sp³-hybridized carbons (Fsp3) is 0.571. The lowest BCUT2D eigenvalue weighted by molar-refractivity contribution is 0.188. The third-order valence-electron chi connectivity index (χ3n) is 3.06. The van der Waals surface area contributed by atoms with Crippen molar-refractivity contribution >= 4 is 26.0 Å². The average Bonchev–Trinajstić information content (AvgIpc) is 2.40. The van der Waals surface area contributed by atoms with Crippen molar-refractivity contribution in [2.24, 2.45) is 0 Å². The minimum absolute atomic E-state index is 0.185. The molecule has 1 aromatic rings. The van der Waals surface area contributed by atoms with Gasteiger partial charge in [0.25, 0.3) is 0 Å². The van der Waals surface area contributed by atoms with E-state index in [1.54, 1.807) is 13.2 Å². The van der Waals surface area contributed by atoms with E-state index < -0.39 is 10.0 Å². The highest BCUT2D eigenvalue weighted by Crippen LogP contribution is 2.27. The predicted octanol–water partition coefficient (Wildman–Crippen LogP) is 2.18. The molecule has 0 fully saturated rings. The molecule has 0 aromatic heterocycles. The summed E-state index contributed by atoms with van der Waals surface area (Å²) in [4.78, 5) is 0.275. The van der Waals surface area contributed by atoms with Gasteiger partial charge in [0.2, 0.25) is 10.0 Å². The Balaban J connectivity index is 3.06. The summed E-state index contributed by atoms with van der Waals surface area (Å²) >= 11 is 3.38. The molecule has 1 aromatic carbocycles. The van der Waals surface area contributed by atoms with Gasteiger partial charge in [0, 0.05) is 30.8 Å². The zero-order chi connectivity index (χ0) is 16.0. The Morgan fingerprint density at radius 1 is 1.38 bits per heavy atom. The molecule has 1 unspecified atom stereocenters. The molecule has 0 saturated heterocycles. The second-order valence-electron chi connectivity index (χ2n) is 5.06. The van der Waals surface area contributed by atoms with Gasteiger partial charge in [0.05, 0.1) is 4.90 Å². The molecule has 1 rings (SSSR count). The quantitative estimate of drug-likeness (QED) is 0.727. The van der Waals surface area contributed by atoms with Crippen LogP contribution in [-0.4, -0.2) is 35.2 Å². The smallest absolute Gasteiger partial charge is 0.241 e. The van der Waals surface area contributed by atoms with Crippen molar-refractivity contribution in [2.75, 3.05) is 20.8 Å². The van der Waals surface area contributed by atoms with Crippen LogP contribution in [0.25, 0.3) is 0 Å². The van der Waals surface area contributed by atoms with Crippen LogP contribution in [0, 0.1) is 6.92 Å². The highest BCUT2D eigenvalue weighted by molar-refractivity contribution is 9.10. The van der Waals surface area contributed by atoms with E-state index in [9.17, 15) is 8.42 Å². The SMILES string of the molecule is CNCc1cc(C)c(Br)c(S(=O)(=O)NC(C)CCOC)c1. The van der Waals surface area contributed by atoms with Gasteiger partial charge < -0.3 is 10.1 Å². The molecular formula is C14H23BrN2O3S. The maximum Gasteiger partial charge on any atom is 0.241 e. The van der Waals surface area contributed by atoms with E-state index >= 15 is 0 Å². The van der Waals surface area contributed by atoms with Crippen molar-refractivity contribution in [3.05, 3.63) is 27.7 Å². The van der Waals surface area contributed by atoms with Crippen molar-refractivity contribution < 1.29 is 13.2 Å². The molecule has 0 aliphatic carbocycles. The number of hydrogen-bond acceptors (Lipinski definition) is 4. The normalized spacial score (nSPS) is 13.4. The molecule has 0 spiro atoms. The topological polar surface area (TPSA) is 67.4 Å². The van der Waals surface area contributed by atoms with Crippen LogP contribution in [-0.2, 0) is 21.3 Å². The third kappa shape index (κ3) is 5.34. The second kappa shape index (κ2) is 8.24. The molecule has 0 radical (unpaired) electrons. The first-order valence-corrected chi connectivity index (χ1v) is 9.04. The first-order valence-electron chi connectivity index (χ1n) is 6.76. The second-order valence-corrected chi connectivity index (χ2v) is 7.53. The van der Waals surface area contributed by atoms with Crippen LogP contribution >= 0.6 is 15.9 Å². The van der Waals surface area contributed by atoms with Crippen LogP contribution in [0.4, 0.5) is 0 Å². The van der Waals surface area contributed by atoms with E-state index in [-0.39, 0.29) is 10.9 Å². The van der Waals surface area contributed by atoms with E-state index in [4.69, 9.17) is 4.74 Å². The van der Waals surface area contributed by atoms with Crippen molar-refractivity contribution in [1.29, 1.82) is 0 Å². The van der Waals surface area contributed by atoms with E-state index in [0.29, 0.717) is 24.0 Å². The molecule has 0 aliphatic heterocycles. The number of methoxy groups -OCH3 is 1. The average molecular weight is 379 g/mol. The summed E-state index contributed by atoms with van der Waals surface area (Å²) in [6.07, 6.45) is 0.628. The Morgan fingerprint density at radius 2 is 2.05 bits per heavy atom. The van der Waals surface area contributed by atoms with Crippen LogP contribution in [0.15, 0.2) is 21.5 Å². The number of rotatable bonds is 8. The van der Waals surface area contributed by atoms with Gasteiger partial charge in [-0.3, -0.25) is 0 Å². The van der Waals surface area contributed by atoms with Crippen LogP contribution < -0.4 is 10.0 Å². The maximum absolute atomic E-state index is 12.5. The van der Waals surface area contributed by atoms with E-state index in [2.05, 4.69) is 26.0 Å². The van der Waals surface area contributed by atoms with Crippen LogP contribution in [0.5, 0.6) is 0 Å². The molecule has 120 valence electrons. The summed E-state index contributed by atoms with van der Waals surface area (Å²) < 4.78 is 33.3. The molecule has 0 saturated carbocycles. The summed E-state index contributed by atoms with van der Waals surface area (Å²) in [5, 5.41) is 3.03. The Morgan fingerprint density at radius 3 is 2.62 bits per heavy atom. The molecule has 0 heterocycles. The first kappa shape index (κ1) is 18.6. The third-order valence-corrected chi connectivity index (χ3v) is 5.99. The van der Waals surface area contributed by atoms with Crippen molar-refractivity contribution in [3.8, 4) is 0 Å². The molecule has 7 heteroatoms. The van der Waals surface area contributed by atoms with E-state index in [1.165, 1.54) is 0 Å². The van der Waals surface area contributed by atoms with Gasteiger partial charge in [-0.15, -0.1) is 0 Å². The zero-order valence-corrected chi connectivity index (χ0v) is 15.3. The minimum atomic E-state index is -3.56. The van der Waals surface area contributed by atoms with E-state index in [0.717, 1.165) is 11.1 Å². The monoisotopic (exact) mass is 378 g/mol. The molecule has 1 atom stereocenters. The van der Waals surface area contributed by atoms with Crippen LogP contribution in [0.3, 0.4) is 0 Å². The Bertz CT molecular complexity index is 576. The van der Waals surface area contributed by atoms with Gasteiger partial charge in [-0.25, -0.2) is 13.1 Å². The first-order chi connectivity index (χ1) is 9.81. The van der Waals surface area contributed by atoms with E-state index in [1.807, 2.05) is 27.0 Å². The summed E-state index contributed by atoms with van der Waals surface area (Å²) in [5.74, 6) is 0. The summed E-state index contributed by atoms with van der Waals surface area (Å²) in [5.41, 5.74) is 1.83. The molecule has 2 N–H and O–H groups in total. The maximum atomic E-state index is 12.5. The number of benzene rings is 1. The van der Waals surface area contributed by atoms with Gasteiger partial charge in [-0.1, -0.05) is 6.07 Å². The Labute approximate surface area is 135 Å². The van der Waals surface area contributed by atoms with Crippen LogP contribution in [0.1, 0.15) is 24.5 Å². The number of sulfonamides is 1. The molecule has 0 aliphatic rings. The number of hydrogen-bond donors (Lipinski definition) is 2. The lowest BCUT2D eigenvalue weighted by Gasteiger charge is -2.16. The number of ether oxygens (including phenoxy) is 1. The molecule has 0 amide bonds. The van der Waals surface area contributed by atoms with Gasteiger partial charge in [-0.05, 0) is 60.4 Å². The highest BCUT2D eigenvalue weighted by atomic mass is 79.9. The largest absolute Gasteiger partial charge is 0.385 e. The number of nitrogens with one attached hydrogen (secondary N) is 2. The minimum Gasteiger partial charge on any atom is -0.385 e. The highest BCUT2D eigenvalue weighted by Gasteiger charge is 2.21. The number of halogens is 1. The summed E-state index contributed by atoms with van der Waals surface area (Å²) in [6.45, 7) is 4.85. The standard InChI is InChI=1S/C14H23BrN2O3S/c1-10-7-12(9-16-3)8-13(14(10)15)21(18,19)17-11(2)5-6-20-4/h7-8,11,16-17H,5-6,9H2,1-4H3. The Hall–Kier alpha value is -0.470. The fourth-order valence-electron chi connectivity index (χ4n) is 1.99. The number of aryl methyl sites for hydroxylation is 1. The zero-order valence-electron chi connectivity index (χ0n) is 12.9. The Kier molecular flexibility index (Phi) is 7.29. The fourth-order valence-corrected chi connectivity index (χ4v) is 4.34. The molecule has 21 heavy (non-hydrogen) atoms. The lowest BCUT2D eigenvalue weighted by Crippen LogP contribution is -2.33. The molecule has 0 bridgehead atoms. The predicted molar refractivity (Wildman–Crippen MR) is 87.9 cm³/mol. The van der Waals surface area contributed by atoms with Crippen molar-refractivity contribution in [1.82, 2.24) is 10.0 Å². The molecular weight excluding hydrogens is 356 g/mol. The molecule has 5 nitrogen and oxygen atoms in total. The van der Waals surface area contributed by atoms with Gasteiger partial charge >= 0.3 is 0 Å². The lowest BCUT2D eigenvalue weighted by atomic mass is 10.1. The summed E-state index contributed by atoms with van der Waals surface area (Å²) in [7, 11) is -0.135. The van der Waals surface area contributed by atoms with Gasteiger partial charge in [0.15, 0.2) is 0 Å². The van der Waals surface area contributed by atoms with Gasteiger partial charge in [-0.2, -0.15) is 0 Å². The summed E-state index contributed by atoms with van der Waals surface area (Å²) in [6, 6.07) is 3.47. The van der Waals surface area contributed by atoms with Crippen LogP contribution in [0.2, 0.25) is 0 Å². The van der Waals surface area contributed by atoms with Crippen molar-refractivity contribution in [3.63, 3.8) is 0 Å².